The third-order valence-electron chi connectivity index (χ3n) is 3.59. The van der Waals surface area contributed by atoms with Crippen LogP contribution in [0, 0.1) is 5.82 Å². The van der Waals surface area contributed by atoms with E-state index >= 15 is 0 Å². The number of rotatable bonds is 7. The molecule has 1 aromatic heterocycles. The van der Waals surface area contributed by atoms with Crippen LogP contribution in [0.1, 0.15) is 43.9 Å². The van der Waals surface area contributed by atoms with Crippen LogP contribution in [0.5, 0.6) is 0 Å². The first-order valence-electron chi connectivity index (χ1n) is 7.47. The molecule has 1 aromatic carbocycles. The van der Waals surface area contributed by atoms with Gasteiger partial charge in [-0.2, -0.15) is 0 Å². The first-order chi connectivity index (χ1) is 10.1. The monoisotopic (exact) mass is 352 g/mol. The normalized spacial score (nSPS) is 12.6. The molecule has 0 radical (unpaired) electrons. The molecule has 1 unspecified atom stereocenters. The number of nitrogens with one attached hydrogen (secondary N) is 1. The van der Waals surface area contributed by atoms with Crippen LogP contribution in [0.15, 0.2) is 41.1 Å². The summed E-state index contributed by atoms with van der Waals surface area (Å²) in [4.78, 5) is 0. The summed E-state index contributed by atoms with van der Waals surface area (Å²) < 4.78 is 16.7. The Morgan fingerprint density at radius 3 is 2.81 bits per heavy atom. The zero-order valence-corrected chi connectivity index (χ0v) is 14.2. The van der Waals surface area contributed by atoms with Gasteiger partial charge in [-0.25, -0.2) is 4.39 Å². The highest BCUT2D eigenvalue weighted by Crippen LogP contribution is 2.20. The van der Waals surface area contributed by atoms with Crippen molar-refractivity contribution in [2.24, 2.45) is 0 Å². The van der Waals surface area contributed by atoms with E-state index in [1.54, 1.807) is 6.07 Å². The predicted molar refractivity (Wildman–Crippen MR) is 89.0 cm³/mol. The van der Waals surface area contributed by atoms with Crippen LogP contribution in [-0.2, 0) is 6.54 Å². The summed E-state index contributed by atoms with van der Waals surface area (Å²) in [7, 11) is 0. The highest BCUT2D eigenvalue weighted by atomic mass is 79.9. The fourth-order valence-corrected chi connectivity index (χ4v) is 2.85. The molecule has 2 nitrogen and oxygen atoms in total. The van der Waals surface area contributed by atoms with Gasteiger partial charge in [-0.15, -0.1) is 0 Å². The molecule has 2 rings (SSSR count). The Morgan fingerprint density at radius 1 is 1.29 bits per heavy atom. The average Bonchev–Trinajstić information content (AvgIpc) is 2.92. The maximum Gasteiger partial charge on any atom is 0.128 e. The van der Waals surface area contributed by atoms with Crippen LogP contribution in [0.3, 0.4) is 0 Å². The SMILES string of the molecule is CCCNC(CC)c1ccn(Cc2cc(Br)ccc2F)c1. The Morgan fingerprint density at radius 2 is 2.10 bits per heavy atom. The molecule has 1 N–H and O–H groups in total. The second kappa shape index (κ2) is 7.76. The zero-order valence-electron chi connectivity index (χ0n) is 12.6. The van der Waals surface area contributed by atoms with Crippen molar-refractivity contribution in [3.05, 3.63) is 58.1 Å². The van der Waals surface area contributed by atoms with Gasteiger partial charge in [0.2, 0.25) is 0 Å². The Labute approximate surface area is 134 Å². The molecule has 0 aliphatic carbocycles. The largest absolute Gasteiger partial charge is 0.349 e. The smallest absolute Gasteiger partial charge is 0.128 e. The summed E-state index contributed by atoms with van der Waals surface area (Å²) in [5.74, 6) is -0.162. The van der Waals surface area contributed by atoms with Gasteiger partial charge in [-0.05, 0) is 49.2 Å². The summed E-state index contributed by atoms with van der Waals surface area (Å²) in [6.45, 7) is 5.92. The number of hydrogen-bond donors (Lipinski definition) is 1. The van der Waals surface area contributed by atoms with Crippen LogP contribution in [0.25, 0.3) is 0 Å². The highest BCUT2D eigenvalue weighted by Gasteiger charge is 2.10. The van der Waals surface area contributed by atoms with Gasteiger partial charge in [0, 0.05) is 35.0 Å². The molecule has 0 bridgehead atoms. The highest BCUT2D eigenvalue weighted by molar-refractivity contribution is 9.10. The number of aromatic nitrogens is 1. The van der Waals surface area contributed by atoms with E-state index in [0.29, 0.717) is 18.2 Å². The lowest BCUT2D eigenvalue weighted by atomic mass is 10.1. The van der Waals surface area contributed by atoms with Gasteiger partial charge in [0.25, 0.3) is 0 Å². The van der Waals surface area contributed by atoms with Crippen LogP contribution >= 0.6 is 15.9 Å². The fraction of sp³-hybridized carbons (Fsp3) is 0.412. The van der Waals surface area contributed by atoms with Gasteiger partial charge in [-0.3, -0.25) is 0 Å². The summed E-state index contributed by atoms with van der Waals surface area (Å²) in [5, 5.41) is 3.54. The van der Waals surface area contributed by atoms with Crippen molar-refractivity contribution in [1.29, 1.82) is 0 Å². The van der Waals surface area contributed by atoms with E-state index in [9.17, 15) is 4.39 Å². The molecule has 0 saturated carbocycles. The average molecular weight is 353 g/mol. The van der Waals surface area contributed by atoms with Crippen molar-refractivity contribution in [3.63, 3.8) is 0 Å². The Balaban J connectivity index is 2.10. The molecule has 1 atom stereocenters. The van der Waals surface area contributed by atoms with Crippen molar-refractivity contribution >= 4 is 15.9 Å². The summed E-state index contributed by atoms with van der Waals surface area (Å²) in [6.07, 6.45) is 6.30. The van der Waals surface area contributed by atoms with Crippen molar-refractivity contribution in [2.75, 3.05) is 6.54 Å². The molecule has 1 heterocycles. The van der Waals surface area contributed by atoms with Crippen molar-refractivity contribution in [2.45, 2.75) is 39.3 Å². The molecule has 0 aliphatic rings. The number of halogens is 2. The van der Waals surface area contributed by atoms with Crippen LogP contribution in [0.2, 0.25) is 0 Å². The predicted octanol–water partition coefficient (Wildman–Crippen LogP) is 4.89. The summed E-state index contributed by atoms with van der Waals surface area (Å²) >= 11 is 3.39. The maximum absolute atomic E-state index is 13.8. The number of hydrogen-bond acceptors (Lipinski definition) is 1. The lowest BCUT2D eigenvalue weighted by Crippen LogP contribution is -2.21. The third kappa shape index (κ3) is 4.42. The molecular weight excluding hydrogens is 331 g/mol. The standard InChI is InChI=1S/C17H22BrFN2/c1-3-8-20-17(4-2)13-7-9-21(11-13)12-14-10-15(18)5-6-16(14)19/h5-7,9-11,17,20H,3-4,8,12H2,1-2H3. The van der Waals surface area contributed by atoms with E-state index in [1.165, 1.54) is 11.6 Å². The van der Waals surface area contributed by atoms with Crippen molar-refractivity contribution < 1.29 is 4.39 Å². The minimum Gasteiger partial charge on any atom is -0.349 e. The van der Waals surface area contributed by atoms with Crippen molar-refractivity contribution in [3.8, 4) is 0 Å². The molecule has 0 aliphatic heterocycles. The van der Waals surface area contributed by atoms with Gasteiger partial charge >= 0.3 is 0 Å². The van der Waals surface area contributed by atoms with E-state index in [2.05, 4.69) is 47.4 Å². The van der Waals surface area contributed by atoms with Crippen LogP contribution < -0.4 is 5.32 Å². The molecule has 4 heteroatoms. The topological polar surface area (TPSA) is 17.0 Å². The van der Waals surface area contributed by atoms with Crippen molar-refractivity contribution in [1.82, 2.24) is 9.88 Å². The third-order valence-corrected chi connectivity index (χ3v) is 4.08. The van der Waals surface area contributed by atoms with Gasteiger partial charge in [0.05, 0.1) is 0 Å². The number of benzene rings is 1. The molecule has 0 amide bonds. The second-order valence-electron chi connectivity index (χ2n) is 5.27. The molecule has 0 spiro atoms. The maximum atomic E-state index is 13.8. The zero-order chi connectivity index (χ0) is 15.2. The summed E-state index contributed by atoms with van der Waals surface area (Å²) in [5.41, 5.74) is 1.96. The lowest BCUT2D eigenvalue weighted by molar-refractivity contribution is 0.517. The molecular formula is C17H22BrFN2. The molecule has 0 saturated heterocycles. The second-order valence-corrected chi connectivity index (χ2v) is 6.18. The van der Waals surface area contributed by atoms with Gasteiger partial charge < -0.3 is 9.88 Å². The fourth-order valence-electron chi connectivity index (χ4n) is 2.44. The Hall–Kier alpha value is -1.13. The van der Waals surface area contributed by atoms with Crippen LogP contribution in [0.4, 0.5) is 4.39 Å². The Kier molecular flexibility index (Phi) is 6.00. The van der Waals surface area contributed by atoms with E-state index in [0.717, 1.165) is 23.9 Å². The van der Waals surface area contributed by atoms with E-state index in [-0.39, 0.29) is 5.82 Å². The molecule has 0 fully saturated rings. The Bertz CT molecular complexity index is 580. The summed E-state index contributed by atoms with van der Waals surface area (Å²) in [6, 6.07) is 7.55. The van der Waals surface area contributed by atoms with E-state index in [1.807, 2.05) is 16.8 Å². The first kappa shape index (κ1) is 16.2. The van der Waals surface area contributed by atoms with Gasteiger partial charge in [-0.1, -0.05) is 29.8 Å². The molecule has 2 aromatic rings. The minimum absolute atomic E-state index is 0.162. The quantitative estimate of drug-likeness (QED) is 0.750. The van der Waals surface area contributed by atoms with Gasteiger partial charge in [0.15, 0.2) is 0 Å². The van der Waals surface area contributed by atoms with Crippen LogP contribution in [-0.4, -0.2) is 11.1 Å². The van der Waals surface area contributed by atoms with E-state index < -0.39 is 0 Å². The molecule has 114 valence electrons. The molecule has 21 heavy (non-hydrogen) atoms. The minimum atomic E-state index is -0.162. The lowest BCUT2D eigenvalue weighted by Gasteiger charge is -2.15. The first-order valence-corrected chi connectivity index (χ1v) is 8.26. The van der Waals surface area contributed by atoms with Gasteiger partial charge in [0.1, 0.15) is 5.82 Å². The number of nitrogens with zero attached hydrogens (tertiary/aromatic N) is 1. The van der Waals surface area contributed by atoms with E-state index in [4.69, 9.17) is 0 Å².